The number of pyridine rings is 1. The van der Waals surface area contributed by atoms with Gasteiger partial charge in [-0.2, -0.15) is 0 Å². The van der Waals surface area contributed by atoms with Gasteiger partial charge >= 0.3 is 6.03 Å². The van der Waals surface area contributed by atoms with Crippen molar-refractivity contribution >= 4 is 17.5 Å². The Morgan fingerprint density at radius 3 is 2.49 bits per heavy atom. The number of nitrogens with one attached hydrogen (secondary N) is 3. The molecule has 2 heterocycles. The zero-order valence-electron chi connectivity index (χ0n) is 24.6. The van der Waals surface area contributed by atoms with Gasteiger partial charge in [0.1, 0.15) is 11.6 Å². The van der Waals surface area contributed by atoms with E-state index in [1.165, 1.54) is 23.3 Å². The third-order valence-electron chi connectivity index (χ3n) is 7.72. The molecule has 4 aromatic rings. The van der Waals surface area contributed by atoms with Crippen LogP contribution in [-0.4, -0.2) is 56.3 Å². The zero-order valence-corrected chi connectivity index (χ0v) is 24.6. The fourth-order valence-electron chi connectivity index (χ4n) is 5.50. The van der Waals surface area contributed by atoms with Crippen molar-refractivity contribution in [3.05, 3.63) is 113 Å². The van der Waals surface area contributed by atoms with E-state index in [1.807, 2.05) is 48.5 Å². The second kappa shape index (κ2) is 14.5. The van der Waals surface area contributed by atoms with Crippen molar-refractivity contribution < 1.29 is 18.7 Å². The van der Waals surface area contributed by atoms with Crippen molar-refractivity contribution in [3.8, 4) is 11.5 Å². The monoisotopic (exact) mass is 583 g/mol. The van der Waals surface area contributed by atoms with Gasteiger partial charge < -0.3 is 25.4 Å². The molecule has 9 heteroatoms. The molecule has 224 valence electrons. The summed E-state index contributed by atoms with van der Waals surface area (Å²) in [6, 6.07) is 24.3. The second-order valence-electron chi connectivity index (χ2n) is 10.5. The number of rotatable bonds is 12. The lowest BCUT2D eigenvalue weighted by molar-refractivity contribution is 0.183. The van der Waals surface area contributed by atoms with Crippen molar-refractivity contribution in [2.75, 3.05) is 51.0 Å². The summed E-state index contributed by atoms with van der Waals surface area (Å²) in [5.41, 5.74) is 5.31. The van der Waals surface area contributed by atoms with Crippen LogP contribution < -0.4 is 25.4 Å². The maximum atomic E-state index is 13.6. The second-order valence-corrected chi connectivity index (χ2v) is 10.5. The number of anilines is 2. The van der Waals surface area contributed by atoms with Crippen LogP contribution in [0.15, 0.2) is 85.1 Å². The third kappa shape index (κ3) is 8.02. The fourth-order valence-corrected chi connectivity index (χ4v) is 5.50. The lowest BCUT2D eigenvalue weighted by atomic mass is 9.88. The molecule has 0 spiro atoms. The lowest BCUT2D eigenvalue weighted by Crippen LogP contribution is -2.42. The van der Waals surface area contributed by atoms with Crippen molar-refractivity contribution in [2.24, 2.45) is 0 Å². The third-order valence-corrected chi connectivity index (χ3v) is 7.72. The Balaban J connectivity index is 1.19. The molecule has 1 aromatic heterocycles. The number of benzene rings is 3. The molecule has 0 aliphatic carbocycles. The number of urea groups is 1. The normalized spacial score (nSPS) is 14.4. The average molecular weight is 584 g/mol. The Morgan fingerprint density at radius 2 is 1.72 bits per heavy atom. The summed E-state index contributed by atoms with van der Waals surface area (Å²) in [4.78, 5) is 19.5. The number of aromatic nitrogens is 1. The first-order valence-electron chi connectivity index (χ1n) is 14.5. The molecular weight excluding hydrogens is 545 g/mol. The number of ether oxygens (including phenoxy) is 2. The molecule has 0 saturated heterocycles. The van der Waals surface area contributed by atoms with Crippen LogP contribution in [0.4, 0.5) is 20.7 Å². The minimum Gasteiger partial charge on any atom is -0.493 e. The SMILES string of the molecule is COc1cc2c(cc1OC)C(Cc1ccc(F)cc1)N(CCNC(=O)Nc1ccnc(NCCc3ccccc3)c1)CC2. The Hall–Kier alpha value is -4.63. The van der Waals surface area contributed by atoms with Crippen LogP contribution >= 0.6 is 0 Å². The smallest absolute Gasteiger partial charge is 0.319 e. The van der Waals surface area contributed by atoms with Crippen LogP contribution in [0.3, 0.4) is 0 Å². The molecule has 1 aliphatic heterocycles. The van der Waals surface area contributed by atoms with Gasteiger partial charge in [0.05, 0.1) is 14.2 Å². The quantitative estimate of drug-likeness (QED) is 0.194. The number of hydrogen-bond acceptors (Lipinski definition) is 6. The molecule has 0 radical (unpaired) electrons. The predicted octanol–water partition coefficient (Wildman–Crippen LogP) is 5.86. The molecule has 1 atom stereocenters. The van der Waals surface area contributed by atoms with Gasteiger partial charge in [-0.25, -0.2) is 14.2 Å². The van der Waals surface area contributed by atoms with Crippen LogP contribution in [0.5, 0.6) is 11.5 Å². The predicted molar refractivity (Wildman–Crippen MR) is 168 cm³/mol. The molecule has 3 N–H and O–H groups in total. The van der Waals surface area contributed by atoms with E-state index in [2.05, 4.69) is 38.0 Å². The fraction of sp³-hybridized carbons (Fsp3) is 0.294. The molecule has 8 nitrogen and oxygen atoms in total. The summed E-state index contributed by atoms with van der Waals surface area (Å²) in [5, 5.41) is 9.22. The maximum Gasteiger partial charge on any atom is 0.319 e. The van der Waals surface area contributed by atoms with Gasteiger partial charge in [0.25, 0.3) is 0 Å². The average Bonchev–Trinajstić information content (AvgIpc) is 3.03. The molecule has 2 amide bonds. The molecule has 3 aromatic carbocycles. The van der Waals surface area contributed by atoms with E-state index >= 15 is 0 Å². The molecule has 5 rings (SSSR count). The largest absolute Gasteiger partial charge is 0.493 e. The number of halogens is 1. The highest BCUT2D eigenvalue weighted by atomic mass is 19.1. The zero-order chi connectivity index (χ0) is 30.0. The van der Waals surface area contributed by atoms with E-state index in [1.54, 1.807) is 26.5 Å². The highest BCUT2D eigenvalue weighted by Gasteiger charge is 2.29. The summed E-state index contributed by atoms with van der Waals surface area (Å²) in [5.74, 6) is 1.84. The van der Waals surface area contributed by atoms with Gasteiger partial charge in [-0.1, -0.05) is 42.5 Å². The first-order chi connectivity index (χ1) is 21.0. The van der Waals surface area contributed by atoms with Crippen molar-refractivity contribution in [2.45, 2.75) is 25.3 Å². The Morgan fingerprint density at radius 1 is 0.953 bits per heavy atom. The van der Waals surface area contributed by atoms with E-state index in [0.29, 0.717) is 42.5 Å². The standard InChI is InChI=1S/C34H38FN5O3/c1-42-31-21-26-14-18-40(30(29(26)23-32(31)43-2)20-25-8-10-27(35)11-9-25)19-17-38-34(41)39-28-13-16-37-33(22-28)36-15-12-24-6-4-3-5-7-24/h3-11,13,16,21-23,30H,12,14-15,17-20H2,1-2H3,(H3,36,37,38,39,41). The van der Waals surface area contributed by atoms with E-state index < -0.39 is 0 Å². The van der Waals surface area contributed by atoms with Gasteiger partial charge in [0.15, 0.2) is 11.5 Å². The van der Waals surface area contributed by atoms with Gasteiger partial charge in [-0.15, -0.1) is 0 Å². The highest BCUT2D eigenvalue weighted by molar-refractivity contribution is 5.89. The number of nitrogens with zero attached hydrogens (tertiary/aromatic N) is 2. The van der Waals surface area contributed by atoms with Gasteiger partial charge in [0.2, 0.25) is 0 Å². The van der Waals surface area contributed by atoms with Crippen LogP contribution in [0.25, 0.3) is 0 Å². The van der Waals surface area contributed by atoms with Gasteiger partial charge in [0, 0.05) is 50.2 Å². The van der Waals surface area contributed by atoms with Crippen molar-refractivity contribution in [1.29, 1.82) is 0 Å². The number of amides is 2. The number of carbonyl (C=O) groups is 1. The Labute approximate surface area is 252 Å². The summed E-state index contributed by atoms with van der Waals surface area (Å²) < 4.78 is 24.8. The highest BCUT2D eigenvalue weighted by Crippen LogP contribution is 2.39. The van der Waals surface area contributed by atoms with Crippen LogP contribution in [0.2, 0.25) is 0 Å². The first-order valence-corrected chi connectivity index (χ1v) is 14.5. The first kappa shape index (κ1) is 29.8. The number of carbonyl (C=O) groups excluding carboxylic acids is 1. The minimum atomic E-state index is -0.277. The topological polar surface area (TPSA) is 87.8 Å². The minimum absolute atomic E-state index is 0.0311. The number of hydrogen-bond donors (Lipinski definition) is 3. The summed E-state index contributed by atoms with van der Waals surface area (Å²) in [6.07, 6.45) is 4.10. The summed E-state index contributed by atoms with van der Waals surface area (Å²) >= 11 is 0. The summed E-state index contributed by atoms with van der Waals surface area (Å²) in [6.45, 7) is 2.67. The van der Waals surface area contributed by atoms with Gasteiger partial charge in [-0.3, -0.25) is 4.90 Å². The number of methoxy groups -OCH3 is 2. The van der Waals surface area contributed by atoms with E-state index in [-0.39, 0.29) is 17.9 Å². The van der Waals surface area contributed by atoms with E-state index in [9.17, 15) is 9.18 Å². The number of fused-ring (bicyclic) bond motifs is 1. The van der Waals surface area contributed by atoms with Crippen LogP contribution in [-0.2, 0) is 19.3 Å². The lowest BCUT2D eigenvalue weighted by Gasteiger charge is -2.38. The molecule has 0 saturated carbocycles. The summed E-state index contributed by atoms with van der Waals surface area (Å²) in [7, 11) is 3.27. The molecule has 43 heavy (non-hydrogen) atoms. The molecule has 0 bridgehead atoms. The molecular formula is C34H38FN5O3. The maximum absolute atomic E-state index is 13.6. The van der Waals surface area contributed by atoms with Gasteiger partial charge in [-0.05, 0) is 71.8 Å². The van der Waals surface area contributed by atoms with E-state index in [4.69, 9.17) is 9.47 Å². The molecule has 0 fully saturated rings. The van der Waals surface area contributed by atoms with E-state index in [0.717, 1.165) is 37.1 Å². The molecule has 1 unspecified atom stereocenters. The van der Waals surface area contributed by atoms with Crippen LogP contribution in [0.1, 0.15) is 28.3 Å². The van der Waals surface area contributed by atoms with Crippen molar-refractivity contribution in [1.82, 2.24) is 15.2 Å². The van der Waals surface area contributed by atoms with Crippen molar-refractivity contribution in [3.63, 3.8) is 0 Å². The Kier molecular flexibility index (Phi) is 10.1. The van der Waals surface area contributed by atoms with Crippen LogP contribution in [0, 0.1) is 5.82 Å². The Bertz CT molecular complexity index is 1500. The molecule has 1 aliphatic rings.